The summed E-state index contributed by atoms with van der Waals surface area (Å²) < 4.78 is 36.5. The Bertz CT molecular complexity index is 463. The van der Waals surface area contributed by atoms with Crippen molar-refractivity contribution in [2.24, 2.45) is 0 Å². The van der Waals surface area contributed by atoms with Gasteiger partial charge in [0.25, 0.3) is 5.82 Å². The fourth-order valence-electron chi connectivity index (χ4n) is 1.17. The summed E-state index contributed by atoms with van der Waals surface area (Å²) in [6.45, 7) is 0.171. The van der Waals surface area contributed by atoms with E-state index in [0.717, 1.165) is 10.4 Å². The van der Waals surface area contributed by atoms with Crippen LogP contribution in [0.15, 0.2) is 30.3 Å². The van der Waals surface area contributed by atoms with E-state index in [0.29, 0.717) is 0 Å². The molecule has 1 heterocycles. The molecule has 0 amide bonds. The molecule has 84 valence electrons. The van der Waals surface area contributed by atoms with Crippen LogP contribution in [0.4, 0.5) is 13.2 Å². The lowest BCUT2D eigenvalue weighted by Crippen LogP contribution is -2.09. The average Bonchev–Trinajstić information content (AvgIpc) is 2.67. The Kier molecular flexibility index (Phi) is 2.59. The molecule has 0 saturated heterocycles. The van der Waals surface area contributed by atoms with E-state index in [-0.39, 0.29) is 6.54 Å². The molecule has 0 bridgehead atoms. The number of tetrazole rings is 1. The summed E-state index contributed by atoms with van der Waals surface area (Å²) in [5.41, 5.74) is 0.814. The van der Waals surface area contributed by atoms with E-state index in [1.807, 2.05) is 6.07 Å². The van der Waals surface area contributed by atoms with Gasteiger partial charge in [-0.1, -0.05) is 30.3 Å². The molecule has 0 spiro atoms. The first-order valence-corrected chi connectivity index (χ1v) is 4.44. The number of nitrogens with zero attached hydrogens (tertiary/aromatic N) is 4. The summed E-state index contributed by atoms with van der Waals surface area (Å²) in [6.07, 6.45) is -4.55. The summed E-state index contributed by atoms with van der Waals surface area (Å²) in [6, 6.07) is 8.94. The zero-order valence-electron chi connectivity index (χ0n) is 8.02. The van der Waals surface area contributed by atoms with Gasteiger partial charge in [-0.15, -0.1) is 10.2 Å². The number of aromatic nitrogens is 4. The van der Waals surface area contributed by atoms with Crippen molar-refractivity contribution in [1.29, 1.82) is 0 Å². The maximum Gasteiger partial charge on any atom is 0.455 e. The van der Waals surface area contributed by atoms with Gasteiger partial charge in [0, 0.05) is 0 Å². The van der Waals surface area contributed by atoms with Gasteiger partial charge in [-0.25, -0.2) is 0 Å². The van der Waals surface area contributed by atoms with Gasteiger partial charge in [-0.3, -0.25) is 0 Å². The lowest BCUT2D eigenvalue weighted by atomic mass is 10.2. The third-order valence-corrected chi connectivity index (χ3v) is 1.87. The lowest BCUT2D eigenvalue weighted by molar-refractivity contribution is -0.145. The quantitative estimate of drug-likeness (QED) is 0.786. The zero-order chi connectivity index (χ0) is 11.6. The summed E-state index contributed by atoms with van der Waals surface area (Å²) >= 11 is 0. The minimum Gasteiger partial charge on any atom is -0.163 e. The SMILES string of the molecule is FC(F)(F)c1nnn(Cc2ccccc2)n1. The topological polar surface area (TPSA) is 43.6 Å². The summed E-state index contributed by atoms with van der Waals surface area (Å²) in [5.74, 6) is -1.22. The Morgan fingerprint density at radius 2 is 1.81 bits per heavy atom. The van der Waals surface area contributed by atoms with Gasteiger partial charge >= 0.3 is 6.18 Å². The van der Waals surface area contributed by atoms with Crippen LogP contribution in [0.25, 0.3) is 0 Å². The molecule has 0 unspecified atom stereocenters. The standard InChI is InChI=1S/C9H7F3N4/c10-9(11,12)8-13-15-16(14-8)6-7-4-2-1-3-5-7/h1-5H,6H2. The van der Waals surface area contributed by atoms with Crippen molar-refractivity contribution in [3.8, 4) is 0 Å². The number of halogens is 3. The molecule has 16 heavy (non-hydrogen) atoms. The van der Waals surface area contributed by atoms with Crippen molar-refractivity contribution in [3.63, 3.8) is 0 Å². The average molecular weight is 228 g/mol. The van der Waals surface area contributed by atoms with Gasteiger partial charge < -0.3 is 0 Å². The predicted molar refractivity (Wildman–Crippen MR) is 48.4 cm³/mol. The first kappa shape index (κ1) is 10.6. The highest BCUT2D eigenvalue weighted by Crippen LogP contribution is 2.24. The maximum absolute atomic E-state index is 12.2. The Morgan fingerprint density at radius 3 is 2.38 bits per heavy atom. The fourth-order valence-corrected chi connectivity index (χ4v) is 1.17. The van der Waals surface area contributed by atoms with E-state index in [9.17, 15) is 13.2 Å². The zero-order valence-corrected chi connectivity index (χ0v) is 8.02. The summed E-state index contributed by atoms with van der Waals surface area (Å²) in [4.78, 5) is 0.915. The molecule has 0 fully saturated rings. The Hall–Kier alpha value is -1.92. The van der Waals surface area contributed by atoms with Gasteiger partial charge in [-0.2, -0.15) is 18.0 Å². The molecule has 2 rings (SSSR count). The normalized spacial score (nSPS) is 11.7. The maximum atomic E-state index is 12.2. The van der Waals surface area contributed by atoms with E-state index in [1.54, 1.807) is 24.3 Å². The molecule has 0 aliphatic carbocycles. The molecule has 0 saturated carbocycles. The number of benzene rings is 1. The number of hydrogen-bond acceptors (Lipinski definition) is 3. The second kappa shape index (κ2) is 3.92. The molecule has 0 aliphatic heterocycles. The van der Waals surface area contributed by atoms with Crippen molar-refractivity contribution in [2.75, 3.05) is 0 Å². The van der Waals surface area contributed by atoms with Crippen molar-refractivity contribution in [1.82, 2.24) is 20.2 Å². The van der Waals surface area contributed by atoms with Crippen molar-refractivity contribution < 1.29 is 13.2 Å². The fraction of sp³-hybridized carbons (Fsp3) is 0.222. The van der Waals surface area contributed by atoms with E-state index < -0.39 is 12.0 Å². The van der Waals surface area contributed by atoms with Gasteiger partial charge in [0.2, 0.25) is 0 Å². The highest BCUT2D eigenvalue weighted by molar-refractivity contribution is 5.14. The first-order valence-electron chi connectivity index (χ1n) is 4.44. The molecule has 0 atom stereocenters. The van der Waals surface area contributed by atoms with Crippen molar-refractivity contribution in [2.45, 2.75) is 12.7 Å². The van der Waals surface area contributed by atoms with E-state index in [2.05, 4.69) is 15.4 Å². The van der Waals surface area contributed by atoms with Crippen LogP contribution in [0.1, 0.15) is 11.4 Å². The Labute approximate surface area is 88.7 Å². The minimum atomic E-state index is -4.55. The molecule has 2 aromatic rings. The monoisotopic (exact) mass is 228 g/mol. The molecule has 4 nitrogen and oxygen atoms in total. The van der Waals surface area contributed by atoms with Crippen LogP contribution in [-0.4, -0.2) is 20.2 Å². The highest BCUT2D eigenvalue weighted by Gasteiger charge is 2.36. The van der Waals surface area contributed by atoms with Gasteiger partial charge in [0.05, 0.1) is 6.54 Å². The van der Waals surface area contributed by atoms with Crippen LogP contribution >= 0.6 is 0 Å². The predicted octanol–water partition coefficient (Wildman–Crippen LogP) is 1.74. The minimum absolute atomic E-state index is 0.171. The van der Waals surface area contributed by atoms with Crippen LogP contribution in [0, 0.1) is 0 Å². The molecule has 1 aromatic carbocycles. The highest BCUT2D eigenvalue weighted by atomic mass is 19.4. The van der Waals surface area contributed by atoms with Gasteiger partial charge in [0.1, 0.15) is 0 Å². The number of rotatable bonds is 2. The van der Waals surface area contributed by atoms with Crippen LogP contribution in [0.3, 0.4) is 0 Å². The smallest absolute Gasteiger partial charge is 0.163 e. The van der Waals surface area contributed by atoms with E-state index in [1.165, 1.54) is 0 Å². The van der Waals surface area contributed by atoms with Crippen molar-refractivity contribution in [3.05, 3.63) is 41.7 Å². The largest absolute Gasteiger partial charge is 0.455 e. The molecule has 0 radical (unpaired) electrons. The molecular formula is C9H7F3N4. The van der Waals surface area contributed by atoms with E-state index in [4.69, 9.17) is 0 Å². The molecule has 0 aliphatic rings. The van der Waals surface area contributed by atoms with E-state index >= 15 is 0 Å². The van der Waals surface area contributed by atoms with Crippen LogP contribution in [-0.2, 0) is 12.7 Å². The second-order valence-corrected chi connectivity index (χ2v) is 3.13. The lowest BCUT2D eigenvalue weighted by Gasteiger charge is -1.99. The third-order valence-electron chi connectivity index (χ3n) is 1.87. The third kappa shape index (κ3) is 2.36. The molecule has 0 N–H and O–H groups in total. The Morgan fingerprint density at radius 1 is 1.12 bits per heavy atom. The first-order chi connectivity index (χ1) is 7.55. The van der Waals surface area contributed by atoms with Gasteiger partial charge in [0.15, 0.2) is 0 Å². The van der Waals surface area contributed by atoms with Crippen LogP contribution < -0.4 is 0 Å². The Balaban J connectivity index is 2.15. The molecule has 1 aromatic heterocycles. The van der Waals surface area contributed by atoms with Crippen LogP contribution in [0.5, 0.6) is 0 Å². The molecule has 7 heteroatoms. The summed E-state index contributed by atoms with van der Waals surface area (Å²) in [7, 11) is 0. The summed E-state index contributed by atoms with van der Waals surface area (Å²) in [5, 5.41) is 9.52. The number of hydrogen-bond donors (Lipinski definition) is 0. The van der Waals surface area contributed by atoms with Gasteiger partial charge in [-0.05, 0) is 10.8 Å². The second-order valence-electron chi connectivity index (χ2n) is 3.13. The number of alkyl halides is 3. The van der Waals surface area contributed by atoms with Crippen LogP contribution in [0.2, 0.25) is 0 Å². The van der Waals surface area contributed by atoms with Crippen molar-refractivity contribution >= 4 is 0 Å². The molecular weight excluding hydrogens is 221 g/mol.